The Labute approximate surface area is 153 Å². The lowest BCUT2D eigenvalue weighted by molar-refractivity contribution is -0.137. The molecule has 27 heavy (non-hydrogen) atoms. The predicted molar refractivity (Wildman–Crippen MR) is 94.3 cm³/mol. The fourth-order valence-corrected chi connectivity index (χ4v) is 2.52. The number of nitrogens with zero attached hydrogens (tertiary/aromatic N) is 3. The van der Waals surface area contributed by atoms with E-state index in [1.165, 1.54) is 12.4 Å². The van der Waals surface area contributed by atoms with E-state index in [0.717, 1.165) is 24.1 Å². The quantitative estimate of drug-likeness (QED) is 0.730. The molecule has 0 aliphatic carbocycles. The van der Waals surface area contributed by atoms with Crippen LogP contribution in [0.2, 0.25) is 0 Å². The van der Waals surface area contributed by atoms with Crippen molar-refractivity contribution in [3.05, 3.63) is 77.5 Å². The first kappa shape index (κ1) is 18.6. The maximum Gasteiger partial charge on any atom is 0.416 e. The highest BCUT2D eigenvalue weighted by Gasteiger charge is 2.30. The largest absolute Gasteiger partial charge is 0.416 e. The van der Waals surface area contributed by atoms with E-state index in [1.54, 1.807) is 29.1 Å². The fourth-order valence-electron chi connectivity index (χ4n) is 2.52. The van der Waals surface area contributed by atoms with Crippen molar-refractivity contribution in [2.75, 3.05) is 5.32 Å². The van der Waals surface area contributed by atoms with Crippen LogP contribution in [0.5, 0.6) is 0 Å². The van der Waals surface area contributed by atoms with Crippen LogP contribution in [-0.2, 0) is 19.1 Å². The van der Waals surface area contributed by atoms with Gasteiger partial charge in [-0.1, -0.05) is 25.1 Å². The number of rotatable bonds is 5. The minimum Gasteiger partial charge on any atom is -0.331 e. The van der Waals surface area contributed by atoms with E-state index in [9.17, 15) is 18.0 Å². The molecule has 0 aliphatic rings. The van der Waals surface area contributed by atoms with E-state index in [-0.39, 0.29) is 12.2 Å². The second kappa shape index (κ2) is 7.61. The van der Waals surface area contributed by atoms with Gasteiger partial charge in [0, 0.05) is 18.9 Å². The summed E-state index contributed by atoms with van der Waals surface area (Å²) in [4.78, 5) is 20.4. The molecular weight excluding hydrogens is 357 g/mol. The first-order valence-electron chi connectivity index (χ1n) is 8.29. The van der Waals surface area contributed by atoms with Crippen LogP contribution in [0, 0.1) is 0 Å². The van der Waals surface area contributed by atoms with Crippen molar-refractivity contribution in [1.29, 1.82) is 0 Å². The molecule has 0 spiro atoms. The zero-order valence-electron chi connectivity index (χ0n) is 14.5. The summed E-state index contributed by atoms with van der Waals surface area (Å²) in [6.45, 7) is 2.20. The van der Waals surface area contributed by atoms with Gasteiger partial charge in [0.05, 0.1) is 11.9 Å². The first-order valence-corrected chi connectivity index (χ1v) is 8.29. The van der Waals surface area contributed by atoms with Crippen LogP contribution in [-0.4, -0.2) is 20.4 Å². The van der Waals surface area contributed by atoms with E-state index in [0.29, 0.717) is 11.4 Å². The van der Waals surface area contributed by atoms with Crippen LogP contribution in [0.4, 0.5) is 19.0 Å². The summed E-state index contributed by atoms with van der Waals surface area (Å²) in [5, 5.41) is 2.62. The Morgan fingerprint density at radius 1 is 1.15 bits per heavy atom. The maximum atomic E-state index is 12.8. The molecule has 1 N–H and O–H groups in total. The predicted octanol–water partition coefficient (Wildman–Crippen LogP) is 4.16. The number of carbonyl (C=O) groups excluding carboxylic acids is 1. The third-order valence-corrected chi connectivity index (χ3v) is 3.96. The van der Waals surface area contributed by atoms with E-state index < -0.39 is 17.6 Å². The zero-order chi connectivity index (χ0) is 19.4. The molecule has 3 rings (SSSR count). The van der Waals surface area contributed by atoms with Gasteiger partial charge in [0.15, 0.2) is 5.82 Å². The molecule has 0 atom stereocenters. The minimum atomic E-state index is -4.38. The van der Waals surface area contributed by atoms with Gasteiger partial charge in [0.1, 0.15) is 5.69 Å². The molecule has 2 aromatic heterocycles. The molecule has 0 unspecified atom stereocenters. The van der Waals surface area contributed by atoms with E-state index in [2.05, 4.69) is 15.3 Å². The highest BCUT2D eigenvalue weighted by atomic mass is 19.4. The molecule has 5 nitrogen and oxygen atoms in total. The van der Waals surface area contributed by atoms with Gasteiger partial charge in [0.25, 0.3) is 5.91 Å². The van der Waals surface area contributed by atoms with Gasteiger partial charge in [-0.25, -0.2) is 4.98 Å². The Kier molecular flexibility index (Phi) is 5.25. The highest BCUT2D eigenvalue weighted by Crippen LogP contribution is 2.29. The van der Waals surface area contributed by atoms with Crippen LogP contribution in [0.25, 0.3) is 0 Å². The molecule has 2 heterocycles. The monoisotopic (exact) mass is 374 g/mol. The number of pyridine rings is 1. The number of aromatic nitrogens is 3. The Morgan fingerprint density at radius 3 is 2.63 bits per heavy atom. The Morgan fingerprint density at radius 2 is 1.96 bits per heavy atom. The molecule has 0 aliphatic heterocycles. The van der Waals surface area contributed by atoms with Gasteiger partial charge in [-0.2, -0.15) is 13.2 Å². The number of aryl methyl sites for hydroxylation is 1. The third kappa shape index (κ3) is 4.72. The summed E-state index contributed by atoms with van der Waals surface area (Å²) in [5.41, 5.74) is 1.07. The van der Waals surface area contributed by atoms with Gasteiger partial charge in [0.2, 0.25) is 0 Å². The second-order valence-electron chi connectivity index (χ2n) is 5.99. The lowest BCUT2D eigenvalue weighted by atomic mass is 10.1. The molecule has 0 saturated heterocycles. The molecule has 0 saturated carbocycles. The lowest BCUT2D eigenvalue weighted by Gasteiger charge is -2.09. The molecule has 0 bridgehead atoms. The Balaban J connectivity index is 1.67. The van der Waals surface area contributed by atoms with Gasteiger partial charge >= 0.3 is 6.18 Å². The van der Waals surface area contributed by atoms with Crippen LogP contribution in [0.15, 0.2) is 55.1 Å². The summed E-state index contributed by atoms with van der Waals surface area (Å²) in [6.07, 6.45) is 1.09. The average Bonchev–Trinajstić information content (AvgIpc) is 3.08. The van der Waals surface area contributed by atoms with Crippen LogP contribution in [0.1, 0.15) is 34.1 Å². The van der Waals surface area contributed by atoms with Crippen molar-refractivity contribution in [3.63, 3.8) is 0 Å². The number of halogens is 3. The maximum absolute atomic E-state index is 12.8. The summed E-state index contributed by atoms with van der Waals surface area (Å²) >= 11 is 0. The van der Waals surface area contributed by atoms with Crippen molar-refractivity contribution >= 4 is 11.7 Å². The molecule has 1 aromatic carbocycles. The summed E-state index contributed by atoms with van der Waals surface area (Å²) in [6, 6.07) is 8.55. The zero-order valence-corrected chi connectivity index (χ0v) is 14.5. The van der Waals surface area contributed by atoms with E-state index >= 15 is 0 Å². The number of alkyl halides is 3. The second-order valence-corrected chi connectivity index (χ2v) is 5.99. The normalized spacial score (nSPS) is 11.4. The Bertz CT molecular complexity index is 933. The average molecular weight is 374 g/mol. The molecule has 140 valence electrons. The van der Waals surface area contributed by atoms with Crippen molar-refractivity contribution in [3.8, 4) is 0 Å². The topological polar surface area (TPSA) is 59.8 Å². The number of benzene rings is 1. The number of amides is 1. The fraction of sp³-hybridized carbons (Fsp3) is 0.211. The van der Waals surface area contributed by atoms with Gasteiger partial charge in [-0.05, 0) is 35.7 Å². The van der Waals surface area contributed by atoms with E-state index in [1.807, 2.05) is 13.0 Å². The molecular formula is C19H17F3N4O. The number of imidazole rings is 1. The minimum absolute atomic E-state index is 0.205. The van der Waals surface area contributed by atoms with E-state index in [4.69, 9.17) is 0 Å². The van der Waals surface area contributed by atoms with Gasteiger partial charge in [-0.15, -0.1) is 0 Å². The number of carbonyl (C=O) groups is 1. The number of nitrogens with one attached hydrogen (secondary N) is 1. The number of hydrogen-bond acceptors (Lipinski definition) is 3. The molecule has 0 radical (unpaired) electrons. The first-order chi connectivity index (χ1) is 12.8. The Hall–Kier alpha value is -3.16. The number of hydrogen-bond donors (Lipinski definition) is 1. The molecule has 1 amide bonds. The van der Waals surface area contributed by atoms with Crippen LogP contribution < -0.4 is 5.32 Å². The third-order valence-electron chi connectivity index (χ3n) is 3.96. The number of anilines is 1. The van der Waals surface area contributed by atoms with Gasteiger partial charge < -0.3 is 9.88 Å². The van der Waals surface area contributed by atoms with Crippen molar-refractivity contribution < 1.29 is 18.0 Å². The summed E-state index contributed by atoms with van der Waals surface area (Å²) in [5.74, 6) is -0.102. The van der Waals surface area contributed by atoms with Crippen molar-refractivity contribution in [2.45, 2.75) is 26.1 Å². The highest BCUT2D eigenvalue weighted by molar-refractivity contribution is 6.02. The standard InChI is InChI=1S/C19H17F3N4O/c1-2-13-6-7-16(23-9-13)18(27)25-17-11-26(12-24-17)10-14-4-3-5-15(8-14)19(20,21)22/h3-9,11-12H,2,10H2,1H3,(H,25,27). The molecule has 3 aromatic rings. The molecule has 8 heteroatoms. The van der Waals surface area contributed by atoms with Crippen molar-refractivity contribution in [1.82, 2.24) is 14.5 Å². The smallest absolute Gasteiger partial charge is 0.331 e. The summed E-state index contributed by atoms with van der Waals surface area (Å²) < 4.78 is 40.0. The van der Waals surface area contributed by atoms with Crippen LogP contribution >= 0.6 is 0 Å². The SMILES string of the molecule is CCc1ccc(C(=O)Nc2cn(Cc3cccc(C(F)(F)F)c3)cn2)nc1. The molecule has 0 fully saturated rings. The lowest BCUT2D eigenvalue weighted by Crippen LogP contribution is -2.14. The van der Waals surface area contributed by atoms with Crippen LogP contribution in [0.3, 0.4) is 0 Å². The van der Waals surface area contributed by atoms with Gasteiger partial charge in [-0.3, -0.25) is 9.78 Å². The van der Waals surface area contributed by atoms with Crippen molar-refractivity contribution in [2.24, 2.45) is 0 Å². The summed E-state index contributed by atoms with van der Waals surface area (Å²) in [7, 11) is 0.